The molecule has 0 saturated heterocycles. The molecule has 0 saturated carbocycles. The molecule has 31 heavy (non-hydrogen) atoms. The largest absolute Gasteiger partial charge is 0.480 e. The lowest BCUT2D eigenvalue weighted by atomic mass is 10.1. The molecule has 0 heterocycles. The van der Waals surface area contributed by atoms with Crippen LogP contribution in [0.3, 0.4) is 0 Å². The second kappa shape index (κ2) is 13.6. The van der Waals surface area contributed by atoms with E-state index in [1.165, 1.54) is 64.6 Å². The van der Waals surface area contributed by atoms with Crippen molar-refractivity contribution in [2.45, 2.75) is 76.7 Å². The third-order valence-electron chi connectivity index (χ3n) is 4.29. The van der Waals surface area contributed by atoms with E-state index >= 15 is 0 Å². The van der Waals surface area contributed by atoms with E-state index in [-0.39, 0.29) is 0 Å². The lowest BCUT2D eigenvalue weighted by molar-refractivity contribution is -0.880. The number of rotatable bonds is 13. The van der Waals surface area contributed by atoms with Gasteiger partial charge < -0.3 is 4.13 Å². The van der Waals surface area contributed by atoms with E-state index in [0.29, 0.717) is 0 Å². The molecule has 0 aromatic rings. The number of quaternary nitrogens is 1. The fourth-order valence-corrected chi connectivity index (χ4v) is 4.16. The Bertz CT molecular complexity index is 670. The van der Waals surface area contributed by atoms with Crippen LogP contribution in [0.2, 0.25) is 0 Å². The minimum absolute atomic E-state index is 0.778. The van der Waals surface area contributed by atoms with Crippen molar-refractivity contribution in [1.29, 1.82) is 0 Å². The summed E-state index contributed by atoms with van der Waals surface area (Å²) in [5.74, 6) is 0. The molecule has 0 N–H and O–H groups in total. The van der Waals surface area contributed by atoms with Crippen LogP contribution in [0.15, 0.2) is 12.8 Å². The van der Waals surface area contributed by atoms with Crippen LogP contribution in [-0.4, -0.2) is 52.0 Å². The van der Waals surface area contributed by atoms with Crippen LogP contribution < -0.4 is 0 Å². The average Bonchev–Trinajstić information content (AvgIpc) is 2.62. The molecule has 0 spiro atoms. The quantitative estimate of drug-likeness (QED) is 0.180. The normalized spacial score (nSPS) is 13.5. The number of hydrogen-bond donors (Lipinski definition) is 0. The molecule has 6 nitrogen and oxygen atoms in total. The molecule has 0 bridgehead atoms. The molecule has 0 aromatic heterocycles. The highest BCUT2D eigenvalue weighted by Crippen LogP contribution is 2.36. The van der Waals surface area contributed by atoms with Crippen molar-refractivity contribution in [1.82, 2.24) is 0 Å². The molecule has 0 amide bonds. The summed E-state index contributed by atoms with van der Waals surface area (Å²) in [6.45, 7) is 14.8. The zero-order chi connectivity index (χ0) is 25.0. The highest BCUT2D eigenvalue weighted by atomic mass is 32.3. The molecule has 0 radical (unpaired) electrons. The first kappa shape index (κ1) is 32.3. The molecule has 0 aliphatic heterocycles. The Kier molecular flexibility index (Phi) is 14.2. The molecule has 0 unspecified atom stereocenters. The smallest absolute Gasteiger partial charge is 0.421 e. The molecular formula is C17H32F6N2O4S2. The number of alkyl halides is 6. The van der Waals surface area contributed by atoms with Crippen molar-refractivity contribution in [2.24, 2.45) is 0 Å². The minimum Gasteiger partial charge on any atom is -0.421 e. The van der Waals surface area contributed by atoms with Crippen LogP contribution in [-0.2, 0) is 20.0 Å². The maximum Gasteiger partial charge on any atom is 0.480 e. The summed E-state index contributed by atoms with van der Waals surface area (Å²) in [6.07, 6.45) is 11.5. The van der Waals surface area contributed by atoms with Crippen molar-refractivity contribution < 1.29 is 47.7 Å². The molecule has 0 atom stereocenters. The first-order chi connectivity index (χ1) is 13.9. The van der Waals surface area contributed by atoms with E-state index in [1.807, 2.05) is 0 Å². The Morgan fingerprint density at radius 1 is 0.710 bits per heavy atom. The van der Waals surface area contributed by atoms with Crippen molar-refractivity contribution >= 4 is 20.0 Å². The summed E-state index contributed by atoms with van der Waals surface area (Å²) < 4.78 is 110. The van der Waals surface area contributed by atoms with Crippen LogP contribution in [0.1, 0.15) is 65.7 Å². The number of unbranched alkanes of at least 4 members (excludes halogenated alkanes) is 4. The second-order valence-corrected chi connectivity index (χ2v) is 10.3. The molecular weight excluding hydrogens is 474 g/mol. The third-order valence-corrected chi connectivity index (χ3v) is 7.03. The first-order valence-electron chi connectivity index (χ1n) is 9.81. The van der Waals surface area contributed by atoms with Crippen LogP contribution in [0.4, 0.5) is 26.3 Å². The lowest BCUT2D eigenvalue weighted by Crippen LogP contribution is -2.44. The predicted octanol–water partition coefficient (Wildman–Crippen LogP) is 5.80. The van der Waals surface area contributed by atoms with E-state index in [4.69, 9.17) is 0 Å². The third kappa shape index (κ3) is 12.1. The second-order valence-electron chi connectivity index (χ2n) is 6.90. The highest BCUT2D eigenvalue weighted by Gasteiger charge is 2.46. The molecule has 188 valence electrons. The van der Waals surface area contributed by atoms with E-state index in [1.54, 1.807) is 0 Å². The molecule has 0 aliphatic rings. The van der Waals surface area contributed by atoms with E-state index < -0.39 is 31.1 Å². The van der Waals surface area contributed by atoms with Crippen molar-refractivity contribution in [3.63, 3.8) is 0 Å². The van der Waals surface area contributed by atoms with Gasteiger partial charge in [-0.1, -0.05) is 40.0 Å². The monoisotopic (exact) mass is 506 g/mol. The van der Waals surface area contributed by atoms with Gasteiger partial charge in [0.15, 0.2) is 20.0 Å². The van der Waals surface area contributed by atoms with Gasteiger partial charge in [0.2, 0.25) is 0 Å². The summed E-state index contributed by atoms with van der Waals surface area (Å²) in [4.78, 5) is 0. The Labute approximate surface area is 181 Å². The van der Waals surface area contributed by atoms with Gasteiger partial charge in [-0.05, 0) is 32.3 Å². The minimum atomic E-state index is -6.72. The Balaban J connectivity index is 0. The van der Waals surface area contributed by atoms with Crippen molar-refractivity contribution in [2.75, 3.05) is 19.6 Å². The van der Waals surface area contributed by atoms with Crippen molar-refractivity contribution in [3.8, 4) is 0 Å². The summed E-state index contributed by atoms with van der Waals surface area (Å²) in [5.41, 5.74) is -12.4. The summed E-state index contributed by atoms with van der Waals surface area (Å²) in [7, 11) is -13.4. The lowest BCUT2D eigenvalue weighted by Gasteiger charge is -2.35. The first-order valence-corrected chi connectivity index (χ1v) is 12.7. The van der Waals surface area contributed by atoms with E-state index in [2.05, 4.69) is 33.6 Å². The van der Waals surface area contributed by atoms with Gasteiger partial charge in [-0.15, -0.1) is 0 Å². The maximum atomic E-state index is 11.4. The topological polar surface area (TPSA) is 82.4 Å². The van der Waals surface area contributed by atoms with Crippen LogP contribution in [0, 0.1) is 0 Å². The summed E-state index contributed by atoms with van der Waals surface area (Å²) in [5, 5.41) is 0. The Hall–Kier alpha value is -0.860. The molecule has 0 fully saturated rings. The van der Waals surface area contributed by atoms with Gasteiger partial charge in [0, 0.05) is 0 Å². The van der Waals surface area contributed by atoms with Crippen LogP contribution in [0.25, 0.3) is 4.13 Å². The van der Waals surface area contributed by atoms with Gasteiger partial charge in [-0.3, -0.25) is 4.48 Å². The highest BCUT2D eigenvalue weighted by molar-refractivity contribution is 8.13. The standard InChI is InChI=1S/C15H32N.C2F6NO4S2/c1-5-9-12-15-16(8-4,13-10-6-2)14-11-7-3;3-1(4,5)14(10,11)9-15(12,13)2(6,7)8/h8H,4-7,9-15H2,1-3H3;/q+1;-1. The molecule has 0 rings (SSSR count). The van der Waals surface area contributed by atoms with Crippen LogP contribution >= 0.6 is 0 Å². The number of hydrogen-bond acceptors (Lipinski definition) is 4. The number of nitrogens with zero attached hydrogens (tertiary/aromatic N) is 2. The van der Waals surface area contributed by atoms with Gasteiger partial charge in [-0.2, -0.15) is 26.3 Å². The van der Waals surface area contributed by atoms with Crippen molar-refractivity contribution in [3.05, 3.63) is 16.9 Å². The molecule has 14 heteroatoms. The zero-order valence-electron chi connectivity index (χ0n) is 18.0. The Morgan fingerprint density at radius 2 is 1.03 bits per heavy atom. The average molecular weight is 507 g/mol. The molecule has 0 aliphatic carbocycles. The number of halogens is 6. The Morgan fingerprint density at radius 3 is 1.29 bits per heavy atom. The SMILES string of the molecule is C=C[N+](CCCC)(CCCC)CCCCC.O=S(=O)([N-]S(=O)(=O)C(F)(F)F)C(F)(F)F. The van der Waals surface area contributed by atoms with Gasteiger partial charge in [0.05, 0.1) is 25.8 Å². The fourth-order valence-electron chi connectivity index (χ4n) is 2.45. The zero-order valence-corrected chi connectivity index (χ0v) is 19.6. The van der Waals surface area contributed by atoms with Gasteiger partial charge in [0.1, 0.15) is 0 Å². The van der Waals surface area contributed by atoms with Gasteiger partial charge in [0.25, 0.3) is 0 Å². The number of sulfonamides is 2. The van der Waals surface area contributed by atoms with Crippen LogP contribution in [0.5, 0.6) is 0 Å². The van der Waals surface area contributed by atoms with E-state index in [9.17, 15) is 43.2 Å². The summed E-state index contributed by atoms with van der Waals surface area (Å²) >= 11 is 0. The van der Waals surface area contributed by atoms with Gasteiger partial charge in [-0.25, -0.2) is 16.8 Å². The fraction of sp³-hybridized carbons (Fsp3) is 0.882. The van der Waals surface area contributed by atoms with E-state index in [0.717, 1.165) is 8.61 Å². The molecule has 0 aromatic carbocycles. The maximum absolute atomic E-state index is 11.4. The van der Waals surface area contributed by atoms with Gasteiger partial charge >= 0.3 is 11.0 Å². The predicted molar refractivity (Wildman–Crippen MR) is 108 cm³/mol. The summed E-state index contributed by atoms with van der Waals surface area (Å²) in [6, 6.07) is 0.